The number of likely N-dealkylation sites (N-methyl/N-ethyl adjacent to an activating group) is 1. The van der Waals surface area contributed by atoms with E-state index in [1.54, 1.807) is 6.92 Å². The number of carbonyl (C=O) groups excluding carboxylic acids is 1. The lowest BCUT2D eigenvalue weighted by Gasteiger charge is -2.05. The zero-order valence-electron chi connectivity index (χ0n) is 8.26. The predicted molar refractivity (Wildman–Crippen MR) is 50.5 cm³/mol. The van der Waals surface area contributed by atoms with Gasteiger partial charge in [-0.25, -0.2) is 4.79 Å². The minimum Gasteiger partial charge on any atom is -0.460 e. The van der Waals surface area contributed by atoms with Gasteiger partial charge in [-0.1, -0.05) is 6.58 Å². The smallest absolute Gasteiger partial charge is 0.333 e. The fourth-order valence-corrected chi connectivity index (χ4v) is 0.593. The molecular formula is C9H17NO3. The van der Waals surface area contributed by atoms with E-state index in [2.05, 4.69) is 11.9 Å². The second-order valence-electron chi connectivity index (χ2n) is 2.63. The van der Waals surface area contributed by atoms with Gasteiger partial charge in [-0.3, -0.25) is 0 Å². The molecule has 0 aromatic carbocycles. The number of hydrogen-bond acceptors (Lipinski definition) is 4. The molecule has 4 heteroatoms. The molecule has 0 aliphatic rings. The highest BCUT2D eigenvalue weighted by Gasteiger charge is 2.01. The SMILES string of the molecule is C=C(C)C(=O)OCCOCCNC. The maximum Gasteiger partial charge on any atom is 0.333 e. The molecule has 0 bridgehead atoms. The predicted octanol–water partition coefficient (Wildman–Crippen LogP) is 0.342. The van der Waals surface area contributed by atoms with Crippen LogP contribution in [0, 0.1) is 0 Å². The van der Waals surface area contributed by atoms with Crippen molar-refractivity contribution in [1.29, 1.82) is 0 Å². The molecule has 0 aliphatic carbocycles. The number of ether oxygens (including phenoxy) is 2. The summed E-state index contributed by atoms with van der Waals surface area (Å²) in [5, 5.41) is 2.94. The molecule has 0 rings (SSSR count). The van der Waals surface area contributed by atoms with Gasteiger partial charge in [0.15, 0.2) is 0 Å². The van der Waals surface area contributed by atoms with Crippen molar-refractivity contribution in [2.45, 2.75) is 6.92 Å². The Kier molecular flexibility index (Phi) is 7.24. The molecule has 0 atom stereocenters. The van der Waals surface area contributed by atoms with Crippen molar-refractivity contribution in [2.24, 2.45) is 0 Å². The van der Waals surface area contributed by atoms with E-state index in [1.807, 2.05) is 7.05 Å². The highest BCUT2D eigenvalue weighted by molar-refractivity contribution is 5.86. The number of nitrogens with one attached hydrogen (secondary N) is 1. The van der Waals surface area contributed by atoms with Crippen molar-refractivity contribution in [1.82, 2.24) is 5.32 Å². The third-order valence-corrected chi connectivity index (χ3v) is 1.31. The first-order valence-electron chi connectivity index (χ1n) is 4.23. The van der Waals surface area contributed by atoms with Crippen LogP contribution in [0.1, 0.15) is 6.92 Å². The van der Waals surface area contributed by atoms with Crippen LogP contribution in [0.2, 0.25) is 0 Å². The molecule has 1 N–H and O–H groups in total. The molecule has 0 heterocycles. The van der Waals surface area contributed by atoms with Crippen molar-refractivity contribution in [2.75, 3.05) is 33.4 Å². The maximum atomic E-state index is 10.8. The van der Waals surface area contributed by atoms with Crippen molar-refractivity contribution < 1.29 is 14.3 Å². The fraction of sp³-hybridized carbons (Fsp3) is 0.667. The molecule has 0 fully saturated rings. The Morgan fingerprint density at radius 2 is 2.08 bits per heavy atom. The van der Waals surface area contributed by atoms with Crippen molar-refractivity contribution in [3.63, 3.8) is 0 Å². The van der Waals surface area contributed by atoms with Crippen LogP contribution in [0.15, 0.2) is 12.2 Å². The lowest BCUT2D eigenvalue weighted by Crippen LogP contribution is -2.17. The van der Waals surface area contributed by atoms with Gasteiger partial charge in [0.2, 0.25) is 0 Å². The summed E-state index contributed by atoms with van der Waals surface area (Å²) in [5.74, 6) is -0.364. The van der Waals surface area contributed by atoms with E-state index >= 15 is 0 Å². The van der Waals surface area contributed by atoms with E-state index in [0.29, 0.717) is 18.8 Å². The highest BCUT2D eigenvalue weighted by atomic mass is 16.6. The van der Waals surface area contributed by atoms with E-state index in [4.69, 9.17) is 9.47 Å². The molecule has 0 aromatic heterocycles. The summed E-state index contributed by atoms with van der Waals surface area (Å²) in [6, 6.07) is 0. The third-order valence-electron chi connectivity index (χ3n) is 1.31. The zero-order chi connectivity index (χ0) is 10.1. The first-order valence-corrected chi connectivity index (χ1v) is 4.23. The summed E-state index contributed by atoms with van der Waals surface area (Å²) in [7, 11) is 1.85. The highest BCUT2D eigenvalue weighted by Crippen LogP contribution is 1.91. The largest absolute Gasteiger partial charge is 0.460 e. The minimum absolute atomic E-state index is 0.287. The van der Waals surface area contributed by atoms with E-state index in [0.717, 1.165) is 6.54 Å². The van der Waals surface area contributed by atoms with Crippen molar-refractivity contribution in [3.05, 3.63) is 12.2 Å². The molecule has 13 heavy (non-hydrogen) atoms. The number of carbonyl (C=O) groups is 1. The number of hydrogen-bond donors (Lipinski definition) is 1. The van der Waals surface area contributed by atoms with Crippen LogP contribution in [0.3, 0.4) is 0 Å². The Hall–Kier alpha value is -0.870. The Morgan fingerprint density at radius 3 is 2.62 bits per heavy atom. The van der Waals surface area contributed by atoms with Crippen LogP contribution in [-0.4, -0.2) is 39.4 Å². The van der Waals surface area contributed by atoms with Crippen LogP contribution in [-0.2, 0) is 14.3 Å². The first-order chi connectivity index (χ1) is 6.18. The summed E-state index contributed by atoms with van der Waals surface area (Å²) in [5.41, 5.74) is 0.412. The van der Waals surface area contributed by atoms with Crippen molar-refractivity contribution >= 4 is 5.97 Å². The van der Waals surface area contributed by atoms with Crippen LogP contribution in [0.5, 0.6) is 0 Å². The van der Waals surface area contributed by atoms with Crippen LogP contribution >= 0.6 is 0 Å². The Bertz CT molecular complexity index is 168. The number of esters is 1. The van der Waals surface area contributed by atoms with Crippen LogP contribution < -0.4 is 5.32 Å². The van der Waals surface area contributed by atoms with Gasteiger partial charge in [0.25, 0.3) is 0 Å². The van der Waals surface area contributed by atoms with Crippen LogP contribution in [0.25, 0.3) is 0 Å². The summed E-state index contributed by atoms with van der Waals surface area (Å²) in [6.45, 7) is 7.22. The lowest BCUT2D eigenvalue weighted by molar-refractivity contribution is -0.140. The maximum absolute atomic E-state index is 10.8. The second-order valence-corrected chi connectivity index (χ2v) is 2.63. The van der Waals surface area contributed by atoms with Crippen molar-refractivity contribution in [3.8, 4) is 0 Å². The van der Waals surface area contributed by atoms with E-state index in [9.17, 15) is 4.79 Å². The monoisotopic (exact) mass is 187 g/mol. The Labute approximate surface area is 78.9 Å². The molecule has 0 amide bonds. The van der Waals surface area contributed by atoms with Gasteiger partial charge in [0, 0.05) is 12.1 Å². The topological polar surface area (TPSA) is 47.6 Å². The fourth-order valence-electron chi connectivity index (χ4n) is 0.593. The second kappa shape index (κ2) is 7.76. The van der Waals surface area contributed by atoms with Gasteiger partial charge in [0.1, 0.15) is 6.61 Å². The van der Waals surface area contributed by atoms with Gasteiger partial charge < -0.3 is 14.8 Å². The van der Waals surface area contributed by atoms with E-state index in [-0.39, 0.29) is 12.6 Å². The standard InChI is InChI=1S/C9H17NO3/c1-8(2)9(11)13-7-6-12-5-4-10-3/h10H,1,4-7H2,2-3H3. The summed E-state index contributed by atoms with van der Waals surface area (Å²) in [6.07, 6.45) is 0. The first kappa shape index (κ1) is 12.1. The average molecular weight is 187 g/mol. The normalized spacial score (nSPS) is 9.69. The molecule has 0 spiro atoms. The summed E-state index contributed by atoms with van der Waals surface area (Å²) < 4.78 is 9.93. The molecule has 0 aromatic rings. The van der Waals surface area contributed by atoms with Gasteiger partial charge in [-0.2, -0.15) is 0 Å². The Balaban J connectivity index is 3.16. The van der Waals surface area contributed by atoms with E-state index in [1.165, 1.54) is 0 Å². The van der Waals surface area contributed by atoms with Gasteiger partial charge in [0.05, 0.1) is 13.2 Å². The molecule has 0 saturated carbocycles. The lowest BCUT2D eigenvalue weighted by atomic mass is 10.4. The van der Waals surface area contributed by atoms with Gasteiger partial charge >= 0.3 is 5.97 Å². The molecular weight excluding hydrogens is 170 g/mol. The molecule has 0 saturated heterocycles. The summed E-state index contributed by atoms with van der Waals surface area (Å²) >= 11 is 0. The average Bonchev–Trinajstić information content (AvgIpc) is 2.10. The quantitative estimate of drug-likeness (QED) is 0.355. The van der Waals surface area contributed by atoms with Crippen LogP contribution in [0.4, 0.5) is 0 Å². The number of rotatable bonds is 7. The summed E-state index contributed by atoms with van der Waals surface area (Å²) in [4.78, 5) is 10.8. The molecule has 76 valence electrons. The van der Waals surface area contributed by atoms with Gasteiger partial charge in [-0.15, -0.1) is 0 Å². The molecule has 0 radical (unpaired) electrons. The Morgan fingerprint density at radius 1 is 1.38 bits per heavy atom. The zero-order valence-corrected chi connectivity index (χ0v) is 8.26. The molecule has 0 aliphatic heterocycles. The third kappa shape index (κ3) is 7.49. The van der Waals surface area contributed by atoms with Gasteiger partial charge in [-0.05, 0) is 14.0 Å². The molecule has 0 unspecified atom stereocenters. The molecule has 4 nitrogen and oxygen atoms in total. The minimum atomic E-state index is -0.364. The van der Waals surface area contributed by atoms with E-state index < -0.39 is 0 Å².